The highest BCUT2D eigenvalue weighted by Crippen LogP contribution is 2.24. The fraction of sp³-hybridized carbons (Fsp3) is 0.267. The molecule has 9 nitrogen and oxygen atoms in total. The quantitative estimate of drug-likeness (QED) is 0.343. The van der Waals surface area contributed by atoms with Gasteiger partial charge < -0.3 is 15.7 Å². The van der Waals surface area contributed by atoms with Gasteiger partial charge in [0.15, 0.2) is 5.69 Å². The van der Waals surface area contributed by atoms with E-state index in [-0.39, 0.29) is 17.8 Å². The van der Waals surface area contributed by atoms with Crippen LogP contribution in [0.25, 0.3) is 0 Å². The van der Waals surface area contributed by atoms with Crippen LogP contribution in [0.1, 0.15) is 21.9 Å². The van der Waals surface area contributed by atoms with Crippen molar-refractivity contribution in [2.75, 3.05) is 18.4 Å². The molecular formula is C15H15FN4O5S. The zero-order valence-electron chi connectivity index (χ0n) is 13.4. The summed E-state index contributed by atoms with van der Waals surface area (Å²) < 4.78 is 13.1. The highest BCUT2D eigenvalue weighted by Gasteiger charge is 2.16. The number of anilines is 1. The molecule has 11 heteroatoms. The van der Waals surface area contributed by atoms with Crippen molar-refractivity contribution in [3.63, 3.8) is 0 Å². The molecule has 0 bridgehead atoms. The first-order valence-electron chi connectivity index (χ1n) is 7.49. The second kappa shape index (κ2) is 8.97. The maximum absolute atomic E-state index is 13.1. The summed E-state index contributed by atoms with van der Waals surface area (Å²) in [4.78, 5) is 36.6. The Kier molecular flexibility index (Phi) is 6.69. The van der Waals surface area contributed by atoms with E-state index in [9.17, 15) is 24.1 Å². The molecule has 0 spiro atoms. The van der Waals surface area contributed by atoms with Gasteiger partial charge in [0.1, 0.15) is 11.5 Å². The lowest BCUT2D eigenvalue weighted by Crippen LogP contribution is -2.23. The summed E-state index contributed by atoms with van der Waals surface area (Å²) in [7, 11) is 0. The predicted octanol–water partition coefficient (Wildman–Crippen LogP) is 2.05. The Morgan fingerprint density at radius 1 is 1.35 bits per heavy atom. The van der Waals surface area contributed by atoms with Crippen LogP contribution < -0.4 is 10.6 Å². The molecule has 1 aromatic heterocycles. The minimum absolute atomic E-state index is 0.00488. The van der Waals surface area contributed by atoms with Gasteiger partial charge in [-0.25, -0.2) is 14.2 Å². The van der Waals surface area contributed by atoms with E-state index in [1.807, 2.05) is 0 Å². The standard InChI is InChI=1S/C15H15FN4O5S/c16-9-1-2-10(12(7-9)20(24)25)18-13(21)3-5-17-6-4-14-19-11(8-26-14)15(22)23/h1-2,7-8,17H,3-6H2,(H,18,21)(H,22,23). The van der Waals surface area contributed by atoms with Gasteiger partial charge in [-0.15, -0.1) is 11.3 Å². The molecule has 0 unspecified atom stereocenters. The number of nitro benzene ring substituents is 1. The largest absolute Gasteiger partial charge is 0.476 e. The van der Waals surface area contributed by atoms with Crippen molar-refractivity contribution in [1.29, 1.82) is 0 Å². The average molecular weight is 382 g/mol. The van der Waals surface area contributed by atoms with Crippen LogP contribution in [0.2, 0.25) is 0 Å². The number of hydrogen-bond donors (Lipinski definition) is 3. The number of carboxylic acids is 1. The molecule has 2 aromatic rings. The lowest BCUT2D eigenvalue weighted by atomic mass is 10.2. The third kappa shape index (κ3) is 5.57. The minimum Gasteiger partial charge on any atom is -0.476 e. The fourth-order valence-electron chi connectivity index (χ4n) is 2.02. The Morgan fingerprint density at radius 2 is 2.12 bits per heavy atom. The van der Waals surface area contributed by atoms with Crippen LogP contribution in [0.15, 0.2) is 23.6 Å². The van der Waals surface area contributed by atoms with Crippen molar-refractivity contribution in [2.24, 2.45) is 0 Å². The molecule has 1 heterocycles. The van der Waals surface area contributed by atoms with Gasteiger partial charge in [-0.05, 0) is 12.1 Å². The third-order valence-electron chi connectivity index (χ3n) is 3.25. The number of amides is 1. The van der Waals surface area contributed by atoms with Gasteiger partial charge in [0.2, 0.25) is 5.91 Å². The van der Waals surface area contributed by atoms with Crippen molar-refractivity contribution in [3.8, 4) is 0 Å². The molecule has 0 aliphatic heterocycles. The Bertz CT molecular complexity index is 826. The zero-order valence-corrected chi connectivity index (χ0v) is 14.2. The summed E-state index contributed by atoms with van der Waals surface area (Å²) in [6, 6.07) is 2.91. The minimum atomic E-state index is -1.08. The molecule has 0 aliphatic carbocycles. The number of hydrogen-bond acceptors (Lipinski definition) is 7. The Hall–Kier alpha value is -2.92. The molecule has 1 amide bonds. The SMILES string of the molecule is O=C(CCNCCc1nc(C(=O)O)cs1)Nc1ccc(F)cc1[N+](=O)[O-]. The molecule has 0 radical (unpaired) electrons. The number of nitro groups is 1. The molecule has 0 fully saturated rings. The van der Waals surface area contributed by atoms with Crippen molar-refractivity contribution < 1.29 is 24.0 Å². The van der Waals surface area contributed by atoms with Crippen LogP contribution in [-0.2, 0) is 11.2 Å². The Balaban J connectivity index is 1.74. The number of halogens is 1. The summed E-state index contributed by atoms with van der Waals surface area (Å²) >= 11 is 1.24. The van der Waals surface area contributed by atoms with Gasteiger partial charge in [0.25, 0.3) is 5.69 Å². The molecule has 0 atom stereocenters. The number of aromatic carboxylic acids is 1. The van der Waals surface area contributed by atoms with Crippen LogP contribution in [0.3, 0.4) is 0 Å². The number of nitrogens with one attached hydrogen (secondary N) is 2. The molecule has 1 aromatic carbocycles. The lowest BCUT2D eigenvalue weighted by molar-refractivity contribution is -0.384. The Morgan fingerprint density at radius 3 is 2.77 bits per heavy atom. The van der Waals surface area contributed by atoms with E-state index in [0.29, 0.717) is 24.5 Å². The molecule has 0 aliphatic rings. The molecule has 0 saturated carbocycles. The Labute approximate surface area is 151 Å². The van der Waals surface area contributed by atoms with E-state index < -0.39 is 28.3 Å². The van der Waals surface area contributed by atoms with Crippen molar-refractivity contribution >= 4 is 34.6 Å². The monoisotopic (exact) mass is 382 g/mol. The second-order valence-corrected chi connectivity index (χ2v) is 6.09. The summed E-state index contributed by atoms with van der Waals surface area (Å²) in [5, 5.41) is 27.2. The average Bonchev–Trinajstić information content (AvgIpc) is 3.05. The van der Waals surface area contributed by atoms with Crippen LogP contribution in [0.5, 0.6) is 0 Å². The van der Waals surface area contributed by atoms with Crippen molar-refractivity contribution in [3.05, 3.63) is 50.2 Å². The van der Waals surface area contributed by atoms with E-state index in [2.05, 4.69) is 15.6 Å². The number of benzene rings is 1. The van der Waals surface area contributed by atoms with E-state index >= 15 is 0 Å². The number of nitrogens with zero attached hydrogens (tertiary/aromatic N) is 2. The molecule has 26 heavy (non-hydrogen) atoms. The molecule has 3 N–H and O–H groups in total. The van der Waals surface area contributed by atoms with Crippen molar-refractivity contribution in [2.45, 2.75) is 12.8 Å². The normalized spacial score (nSPS) is 10.5. The maximum atomic E-state index is 13.1. The van der Waals surface area contributed by atoms with Gasteiger partial charge in [-0.1, -0.05) is 0 Å². The van der Waals surface area contributed by atoms with E-state index in [0.717, 1.165) is 18.2 Å². The summed E-state index contributed by atoms with van der Waals surface area (Å²) in [6.45, 7) is 0.814. The van der Waals surface area contributed by atoms with Gasteiger partial charge in [0.05, 0.1) is 16.0 Å². The van der Waals surface area contributed by atoms with Gasteiger partial charge in [-0.2, -0.15) is 0 Å². The van der Waals surface area contributed by atoms with Crippen molar-refractivity contribution in [1.82, 2.24) is 10.3 Å². The smallest absolute Gasteiger partial charge is 0.355 e. The van der Waals surface area contributed by atoms with E-state index in [4.69, 9.17) is 5.11 Å². The number of rotatable bonds is 9. The summed E-state index contributed by atoms with van der Waals surface area (Å²) in [6.07, 6.45) is 0.579. The topological polar surface area (TPSA) is 134 Å². The second-order valence-electron chi connectivity index (χ2n) is 5.15. The maximum Gasteiger partial charge on any atom is 0.355 e. The molecule has 2 rings (SSSR count). The van der Waals surface area contributed by atoms with Gasteiger partial charge >= 0.3 is 5.97 Å². The number of aromatic nitrogens is 1. The number of carbonyl (C=O) groups is 2. The number of carboxylic acid groups (broad SMARTS) is 1. The zero-order chi connectivity index (χ0) is 19.1. The molecule has 138 valence electrons. The third-order valence-corrected chi connectivity index (χ3v) is 4.15. The molecular weight excluding hydrogens is 367 g/mol. The summed E-state index contributed by atoms with van der Waals surface area (Å²) in [5.41, 5.74) is -0.569. The number of thiazole rings is 1. The summed E-state index contributed by atoms with van der Waals surface area (Å²) in [5.74, 6) is -2.29. The van der Waals surface area contributed by atoms with E-state index in [1.165, 1.54) is 16.7 Å². The van der Waals surface area contributed by atoms with Crippen LogP contribution >= 0.6 is 11.3 Å². The highest BCUT2D eigenvalue weighted by atomic mass is 32.1. The lowest BCUT2D eigenvalue weighted by Gasteiger charge is -2.07. The van der Waals surface area contributed by atoms with Gasteiger partial charge in [-0.3, -0.25) is 14.9 Å². The predicted molar refractivity (Wildman–Crippen MR) is 91.9 cm³/mol. The first-order chi connectivity index (χ1) is 12.4. The molecule has 0 saturated heterocycles. The first kappa shape index (κ1) is 19.4. The fourth-order valence-corrected chi connectivity index (χ4v) is 2.79. The van der Waals surface area contributed by atoms with Crippen LogP contribution in [-0.4, -0.2) is 40.0 Å². The van der Waals surface area contributed by atoms with Crippen LogP contribution in [0.4, 0.5) is 15.8 Å². The number of carbonyl (C=O) groups excluding carboxylic acids is 1. The first-order valence-corrected chi connectivity index (χ1v) is 8.37. The highest BCUT2D eigenvalue weighted by molar-refractivity contribution is 7.09. The van der Waals surface area contributed by atoms with E-state index in [1.54, 1.807) is 0 Å². The van der Waals surface area contributed by atoms with Crippen LogP contribution in [0, 0.1) is 15.9 Å². The van der Waals surface area contributed by atoms with Gasteiger partial charge in [0, 0.05) is 31.3 Å².